The Balaban J connectivity index is 1.64. The second kappa shape index (κ2) is 7.72. The number of ether oxygens (including phenoxy) is 4. The van der Waals surface area contributed by atoms with Crippen molar-refractivity contribution in [1.29, 1.82) is 0 Å². The molecular formula is C22H25NO5. The quantitative estimate of drug-likeness (QED) is 0.710. The van der Waals surface area contributed by atoms with Gasteiger partial charge in [-0.05, 0) is 56.3 Å². The van der Waals surface area contributed by atoms with E-state index in [2.05, 4.69) is 4.90 Å². The van der Waals surface area contributed by atoms with Gasteiger partial charge in [-0.1, -0.05) is 0 Å². The van der Waals surface area contributed by atoms with E-state index in [1.807, 2.05) is 44.3 Å². The fourth-order valence-electron chi connectivity index (χ4n) is 3.98. The first-order valence-electron chi connectivity index (χ1n) is 9.58. The van der Waals surface area contributed by atoms with Crippen molar-refractivity contribution in [1.82, 2.24) is 4.90 Å². The highest BCUT2D eigenvalue weighted by molar-refractivity contribution is 5.96. The topological polar surface area (TPSA) is 57.2 Å². The van der Waals surface area contributed by atoms with E-state index >= 15 is 0 Å². The summed E-state index contributed by atoms with van der Waals surface area (Å²) in [6.45, 7) is 3.61. The fourth-order valence-corrected chi connectivity index (χ4v) is 3.98. The minimum Gasteiger partial charge on any atom is -0.494 e. The molecule has 2 aliphatic heterocycles. The summed E-state index contributed by atoms with van der Waals surface area (Å²) >= 11 is 0. The summed E-state index contributed by atoms with van der Waals surface area (Å²) in [5.41, 5.74) is 2.87. The van der Waals surface area contributed by atoms with Gasteiger partial charge in [-0.25, -0.2) is 0 Å². The van der Waals surface area contributed by atoms with Crippen LogP contribution in [0.2, 0.25) is 0 Å². The number of nitrogens with zero attached hydrogens (tertiary/aromatic N) is 1. The van der Waals surface area contributed by atoms with Gasteiger partial charge < -0.3 is 18.9 Å². The Morgan fingerprint density at radius 3 is 2.75 bits per heavy atom. The van der Waals surface area contributed by atoms with Gasteiger partial charge in [0, 0.05) is 30.1 Å². The van der Waals surface area contributed by atoms with E-state index in [-0.39, 0.29) is 18.6 Å². The van der Waals surface area contributed by atoms with Crippen LogP contribution in [0.15, 0.2) is 30.3 Å². The predicted molar refractivity (Wildman–Crippen MR) is 105 cm³/mol. The van der Waals surface area contributed by atoms with Crippen LogP contribution in [0.3, 0.4) is 0 Å². The van der Waals surface area contributed by atoms with Gasteiger partial charge in [0.1, 0.15) is 5.75 Å². The molecule has 2 aromatic carbocycles. The number of ketones is 1. The number of fused-ring (bicyclic) bond motifs is 2. The van der Waals surface area contributed by atoms with Crippen molar-refractivity contribution < 1.29 is 23.7 Å². The summed E-state index contributed by atoms with van der Waals surface area (Å²) < 4.78 is 22.4. The summed E-state index contributed by atoms with van der Waals surface area (Å²) in [6.07, 6.45) is 1.25. The van der Waals surface area contributed by atoms with E-state index in [0.29, 0.717) is 30.1 Å². The minimum absolute atomic E-state index is 0.0766. The van der Waals surface area contributed by atoms with Crippen LogP contribution in [0.5, 0.6) is 23.0 Å². The minimum atomic E-state index is -0.0766. The second-order valence-electron chi connectivity index (χ2n) is 7.05. The summed E-state index contributed by atoms with van der Waals surface area (Å²) in [4.78, 5) is 15.2. The third kappa shape index (κ3) is 3.29. The lowest BCUT2D eigenvalue weighted by Crippen LogP contribution is -2.34. The monoisotopic (exact) mass is 383 g/mol. The molecule has 0 bridgehead atoms. The first kappa shape index (κ1) is 18.6. The summed E-state index contributed by atoms with van der Waals surface area (Å²) in [7, 11) is 3.68. The standard InChI is InChI=1S/C22H25NO5/c1-4-26-16-7-5-14(6-8-16)18(24)12-17-20-15(9-10-23(17)2)11-19-21(22(20)25-3)28-13-27-19/h5-8,11,17H,4,9-10,12-13H2,1-3H3. The molecule has 0 aliphatic carbocycles. The molecule has 0 radical (unpaired) electrons. The number of methoxy groups -OCH3 is 1. The van der Waals surface area contributed by atoms with Gasteiger partial charge in [0.25, 0.3) is 0 Å². The van der Waals surface area contributed by atoms with Crippen LogP contribution in [0.1, 0.15) is 40.9 Å². The van der Waals surface area contributed by atoms with Crippen molar-refractivity contribution in [3.05, 3.63) is 47.0 Å². The summed E-state index contributed by atoms with van der Waals surface area (Å²) in [5, 5.41) is 0. The Labute approximate surface area is 165 Å². The molecule has 0 aromatic heterocycles. The molecular weight excluding hydrogens is 358 g/mol. The van der Waals surface area contributed by atoms with Crippen molar-refractivity contribution in [2.45, 2.75) is 25.8 Å². The third-order valence-corrected chi connectivity index (χ3v) is 5.41. The number of likely N-dealkylation sites (N-methyl/N-ethyl adjacent to an activating group) is 1. The number of benzene rings is 2. The molecule has 0 amide bonds. The van der Waals surface area contributed by atoms with E-state index < -0.39 is 0 Å². The van der Waals surface area contributed by atoms with E-state index in [0.717, 1.165) is 35.6 Å². The van der Waals surface area contributed by atoms with Crippen LogP contribution >= 0.6 is 0 Å². The van der Waals surface area contributed by atoms with Crippen molar-refractivity contribution in [3.8, 4) is 23.0 Å². The molecule has 0 fully saturated rings. The van der Waals surface area contributed by atoms with Gasteiger partial charge in [-0.2, -0.15) is 0 Å². The fraction of sp³-hybridized carbons (Fsp3) is 0.409. The zero-order valence-corrected chi connectivity index (χ0v) is 16.5. The van der Waals surface area contributed by atoms with Crippen molar-refractivity contribution in [3.63, 3.8) is 0 Å². The molecule has 28 heavy (non-hydrogen) atoms. The molecule has 2 aliphatic rings. The highest BCUT2D eigenvalue weighted by Gasteiger charge is 2.35. The molecule has 6 nitrogen and oxygen atoms in total. The molecule has 0 saturated carbocycles. The molecule has 0 N–H and O–H groups in total. The molecule has 0 spiro atoms. The highest BCUT2D eigenvalue weighted by atomic mass is 16.7. The van der Waals surface area contributed by atoms with Crippen LogP contribution in [-0.4, -0.2) is 44.8 Å². The van der Waals surface area contributed by atoms with Gasteiger partial charge in [0.15, 0.2) is 17.3 Å². The lowest BCUT2D eigenvalue weighted by Gasteiger charge is -2.35. The molecule has 0 saturated heterocycles. The number of carbonyl (C=O) groups excluding carboxylic acids is 1. The number of hydrogen-bond acceptors (Lipinski definition) is 6. The number of hydrogen-bond donors (Lipinski definition) is 0. The van der Waals surface area contributed by atoms with E-state index in [4.69, 9.17) is 18.9 Å². The van der Waals surface area contributed by atoms with Gasteiger partial charge in [-0.15, -0.1) is 0 Å². The number of Topliss-reactive ketones (excluding diaryl/α,β-unsaturated/α-hetero) is 1. The normalized spacial score (nSPS) is 17.9. The largest absolute Gasteiger partial charge is 0.494 e. The van der Waals surface area contributed by atoms with Crippen LogP contribution in [0.4, 0.5) is 0 Å². The lowest BCUT2D eigenvalue weighted by atomic mass is 9.87. The molecule has 6 heteroatoms. The zero-order chi connectivity index (χ0) is 19.7. The SMILES string of the molecule is CCOc1ccc(C(=O)CC2c3c(cc4c(c3OC)OCO4)CCN2C)cc1. The van der Waals surface area contributed by atoms with Gasteiger partial charge in [-0.3, -0.25) is 9.69 Å². The van der Waals surface area contributed by atoms with Crippen molar-refractivity contribution >= 4 is 5.78 Å². The second-order valence-corrected chi connectivity index (χ2v) is 7.05. The van der Waals surface area contributed by atoms with Crippen LogP contribution in [-0.2, 0) is 6.42 Å². The molecule has 1 unspecified atom stereocenters. The van der Waals surface area contributed by atoms with Gasteiger partial charge >= 0.3 is 0 Å². The lowest BCUT2D eigenvalue weighted by molar-refractivity contribution is 0.0925. The van der Waals surface area contributed by atoms with E-state index in [9.17, 15) is 4.79 Å². The first-order valence-corrected chi connectivity index (χ1v) is 9.58. The zero-order valence-electron chi connectivity index (χ0n) is 16.5. The maximum atomic E-state index is 13.0. The summed E-state index contributed by atoms with van der Waals surface area (Å²) in [6, 6.07) is 9.29. The Bertz CT molecular complexity index is 877. The summed E-state index contributed by atoms with van der Waals surface area (Å²) in [5.74, 6) is 2.90. The van der Waals surface area contributed by atoms with Crippen LogP contribution in [0, 0.1) is 0 Å². The number of rotatable bonds is 6. The molecule has 1 atom stereocenters. The van der Waals surface area contributed by atoms with Crippen molar-refractivity contribution in [2.24, 2.45) is 0 Å². The third-order valence-electron chi connectivity index (χ3n) is 5.41. The van der Waals surface area contributed by atoms with Gasteiger partial charge in [0.05, 0.1) is 13.7 Å². The first-order chi connectivity index (χ1) is 13.6. The Morgan fingerprint density at radius 2 is 2.04 bits per heavy atom. The van der Waals surface area contributed by atoms with E-state index in [1.165, 1.54) is 0 Å². The number of carbonyl (C=O) groups is 1. The van der Waals surface area contributed by atoms with Crippen LogP contribution < -0.4 is 18.9 Å². The molecule has 2 heterocycles. The molecule has 4 rings (SSSR count). The predicted octanol–water partition coefficient (Wildman–Crippen LogP) is 3.62. The van der Waals surface area contributed by atoms with Gasteiger partial charge in [0.2, 0.25) is 12.5 Å². The van der Waals surface area contributed by atoms with Crippen LogP contribution in [0.25, 0.3) is 0 Å². The highest BCUT2D eigenvalue weighted by Crippen LogP contribution is 2.50. The Hall–Kier alpha value is -2.73. The Morgan fingerprint density at radius 1 is 1.25 bits per heavy atom. The average Bonchev–Trinajstić information content (AvgIpc) is 3.17. The van der Waals surface area contributed by atoms with Crippen molar-refractivity contribution in [2.75, 3.05) is 34.1 Å². The maximum Gasteiger partial charge on any atom is 0.231 e. The molecule has 2 aromatic rings. The average molecular weight is 383 g/mol. The smallest absolute Gasteiger partial charge is 0.231 e. The maximum absolute atomic E-state index is 13.0. The Kier molecular flexibility index (Phi) is 5.13. The van der Waals surface area contributed by atoms with E-state index in [1.54, 1.807) is 7.11 Å². The molecule has 148 valence electrons.